The quantitative estimate of drug-likeness (QED) is 0.138. The van der Waals surface area contributed by atoms with Crippen LogP contribution < -0.4 is 4.74 Å². The molecule has 0 fully saturated rings. The largest absolute Gasteiger partial charge is 0.497 e. The van der Waals surface area contributed by atoms with Crippen molar-refractivity contribution in [3.63, 3.8) is 0 Å². The summed E-state index contributed by atoms with van der Waals surface area (Å²) in [4.78, 5) is 26.3. The second kappa shape index (κ2) is 15.0. The van der Waals surface area contributed by atoms with Gasteiger partial charge in [0.1, 0.15) is 10.6 Å². The number of ketones is 1. The maximum Gasteiger partial charge on any atom is 0.348 e. The van der Waals surface area contributed by atoms with E-state index in [9.17, 15) is 9.59 Å². The molecule has 0 N–H and O–H groups in total. The van der Waals surface area contributed by atoms with Crippen molar-refractivity contribution >= 4 is 28.7 Å². The highest BCUT2D eigenvalue weighted by molar-refractivity contribution is 7.13. The Morgan fingerprint density at radius 3 is 2.38 bits per heavy atom. The molecule has 5 nitrogen and oxygen atoms in total. The van der Waals surface area contributed by atoms with Gasteiger partial charge in [-0.1, -0.05) is 62.6 Å². The van der Waals surface area contributed by atoms with Crippen LogP contribution in [0, 0.1) is 0 Å². The van der Waals surface area contributed by atoms with Crippen molar-refractivity contribution in [2.45, 2.75) is 77.4 Å². The lowest BCUT2D eigenvalue weighted by molar-refractivity contribution is -0.115. The van der Waals surface area contributed by atoms with E-state index in [4.69, 9.17) is 14.2 Å². The van der Waals surface area contributed by atoms with Gasteiger partial charge in [0.25, 0.3) is 0 Å². The van der Waals surface area contributed by atoms with Crippen molar-refractivity contribution in [3.8, 4) is 5.75 Å². The van der Waals surface area contributed by atoms with Gasteiger partial charge in [-0.25, -0.2) is 4.79 Å². The smallest absolute Gasteiger partial charge is 0.348 e. The first-order valence-corrected chi connectivity index (χ1v) is 15.1. The Morgan fingerprint density at radius 2 is 1.68 bits per heavy atom. The first-order chi connectivity index (χ1) is 19.5. The van der Waals surface area contributed by atoms with Gasteiger partial charge in [0, 0.05) is 11.3 Å². The first-order valence-electron chi connectivity index (χ1n) is 14.3. The number of ether oxygens (including phenoxy) is 3. The van der Waals surface area contributed by atoms with Crippen LogP contribution in [0.15, 0.2) is 66.2 Å². The fraction of sp³-hybridized carbons (Fsp3) is 0.412. The third-order valence-electron chi connectivity index (χ3n) is 7.51. The Morgan fingerprint density at radius 1 is 0.900 bits per heavy atom. The van der Waals surface area contributed by atoms with Crippen molar-refractivity contribution in [1.29, 1.82) is 0 Å². The molecule has 40 heavy (non-hydrogen) atoms. The molecule has 0 aliphatic heterocycles. The predicted octanol–water partition coefficient (Wildman–Crippen LogP) is 8.52. The SMILES string of the molecule is CCCCCC(OCc1ccc(OC)cc1)c1ccc(C2=C(CCCc3ccc(C(=O)OC)s3)C(=O)CC2)cc1. The van der Waals surface area contributed by atoms with E-state index in [0.29, 0.717) is 17.9 Å². The van der Waals surface area contributed by atoms with Gasteiger partial charge in [-0.3, -0.25) is 4.79 Å². The zero-order chi connectivity index (χ0) is 28.3. The lowest BCUT2D eigenvalue weighted by atomic mass is 9.95. The first kappa shape index (κ1) is 29.8. The number of rotatable bonds is 15. The molecule has 1 unspecified atom stereocenters. The molecule has 0 radical (unpaired) electrons. The average Bonchev–Trinajstić information content (AvgIpc) is 3.61. The average molecular weight is 561 g/mol. The summed E-state index contributed by atoms with van der Waals surface area (Å²) in [6, 6.07) is 20.5. The van der Waals surface area contributed by atoms with Gasteiger partial charge >= 0.3 is 5.97 Å². The molecule has 6 heteroatoms. The molecule has 0 saturated heterocycles. The topological polar surface area (TPSA) is 61.8 Å². The number of thiophene rings is 1. The highest BCUT2D eigenvalue weighted by Crippen LogP contribution is 2.36. The predicted molar refractivity (Wildman–Crippen MR) is 161 cm³/mol. The molecule has 0 bridgehead atoms. The molecular formula is C34H40O5S. The number of carbonyl (C=O) groups is 2. The normalized spacial score (nSPS) is 14.0. The molecular weight excluding hydrogens is 520 g/mol. The summed E-state index contributed by atoms with van der Waals surface area (Å²) in [5.74, 6) is 0.812. The van der Waals surface area contributed by atoms with Crippen LogP contribution in [0.3, 0.4) is 0 Å². The zero-order valence-corrected chi connectivity index (χ0v) is 24.7. The lowest BCUT2D eigenvalue weighted by Crippen LogP contribution is -2.05. The summed E-state index contributed by atoms with van der Waals surface area (Å²) in [6.45, 7) is 2.77. The number of carbonyl (C=O) groups excluding carboxylic acids is 2. The van der Waals surface area contributed by atoms with E-state index in [1.54, 1.807) is 7.11 Å². The second-order valence-corrected chi connectivity index (χ2v) is 11.4. The molecule has 1 aliphatic rings. The number of unbranched alkanes of at least 4 members (excludes halogenated alkanes) is 2. The number of allylic oxidation sites excluding steroid dienone is 2. The van der Waals surface area contributed by atoms with E-state index >= 15 is 0 Å². The Hall–Kier alpha value is -3.22. The summed E-state index contributed by atoms with van der Waals surface area (Å²) in [5, 5.41) is 0. The molecule has 3 aromatic rings. The number of Topliss-reactive ketones (excluding diaryl/α,β-unsaturated/α-hetero) is 1. The Balaban J connectivity index is 1.42. The van der Waals surface area contributed by atoms with Crippen LogP contribution >= 0.6 is 11.3 Å². The molecule has 1 heterocycles. The number of benzene rings is 2. The van der Waals surface area contributed by atoms with Gasteiger partial charge in [-0.15, -0.1) is 11.3 Å². The summed E-state index contributed by atoms with van der Waals surface area (Å²) in [6.07, 6.45) is 8.36. The van der Waals surface area contributed by atoms with Gasteiger partial charge in [0.2, 0.25) is 0 Å². The number of hydrogen-bond acceptors (Lipinski definition) is 6. The van der Waals surface area contributed by atoms with Crippen molar-refractivity contribution < 1.29 is 23.8 Å². The van der Waals surface area contributed by atoms with Gasteiger partial charge in [0.15, 0.2) is 5.78 Å². The Kier molecular flexibility index (Phi) is 11.1. The molecule has 1 aromatic heterocycles. The molecule has 1 aliphatic carbocycles. The summed E-state index contributed by atoms with van der Waals surface area (Å²) < 4.78 is 16.5. The molecule has 2 aromatic carbocycles. The van der Waals surface area contributed by atoms with Crippen LogP contribution in [0.5, 0.6) is 5.75 Å². The van der Waals surface area contributed by atoms with Crippen LogP contribution in [0.4, 0.5) is 0 Å². The van der Waals surface area contributed by atoms with Crippen molar-refractivity contribution in [1.82, 2.24) is 0 Å². The van der Waals surface area contributed by atoms with Crippen molar-refractivity contribution in [2.24, 2.45) is 0 Å². The van der Waals surface area contributed by atoms with Gasteiger partial charge in [-0.2, -0.15) is 0 Å². The highest BCUT2D eigenvalue weighted by atomic mass is 32.1. The summed E-state index contributed by atoms with van der Waals surface area (Å²) in [7, 11) is 3.07. The number of methoxy groups -OCH3 is 2. The van der Waals surface area contributed by atoms with E-state index in [0.717, 1.165) is 65.9 Å². The van der Waals surface area contributed by atoms with Crippen LogP contribution in [0.2, 0.25) is 0 Å². The van der Waals surface area contributed by atoms with E-state index in [2.05, 4.69) is 31.2 Å². The maximum atomic E-state index is 12.8. The molecule has 0 saturated carbocycles. The molecule has 1 atom stereocenters. The third kappa shape index (κ3) is 7.92. The van der Waals surface area contributed by atoms with E-state index < -0.39 is 0 Å². The molecule has 0 spiro atoms. The minimum Gasteiger partial charge on any atom is -0.497 e. The number of esters is 1. The van der Waals surface area contributed by atoms with Gasteiger partial charge < -0.3 is 14.2 Å². The maximum absolute atomic E-state index is 12.8. The second-order valence-electron chi connectivity index (χ2n) is 10.3. The highest BCUT2D eigenvalue weighted by Gasteiger charge is 2.24. The lowest BCUT2D eigenvalue weighted by Gasteiger charge is -2.19. The van der Waals surface area contributed by atoms with E-state index in [1.165, 1.54) is 42.4 Å². The van der Waals surface area contributed by atoms with Crippen LogP contribution in [-0.4, -0.2) is 26.0 Å². The number of aryl methyl sites for hydroxylation is 1. The van der Waals surface area contributed by atoms with Crippen LogP contribution in [0.1, 0.15) is 95.6 Å². The zero-order valence-electron chi connectivity index (χ0n) is 23.9. The standard InChI is InChI=1S/C34H40O5S/c1-4-5-6-10-32(39-23-24-11-17-27(37-2)18-12-24)26-15-13-25(14-16-26)29-20-21-31(35)30(29)9-7-8-28-19-22-33(40-28)34(36)38-3/h11-19,22,32H,4-10,20-21,23H2,1-3H3. The Bertz CT molecular complexity index is 1290. The van der Waals surface area contributed by atoms with Gasteiger partial charge in [-0.05, 0) is 84.2 Å². The van der Waals surface area contributed by atoms with Crippen molar-refractivity contribution in [3.05, 3.63) is 92.7 Å². The summed E-state index contributed by atoms with van der Waals surface area (Å²) >= 11 is 1.47. The third-order valence-corrected chi connectivity index (χ3v) is 8.64. The van der Waals surface area contributed by atoms with E-state index in [-0.39, 0.29) is 17.9 Å². The minimum absolute atomic E-state index is 0.0297. The van der Waals surface area contributed by atoms with Crippen LogP contribution in [-0.2, 0) is 27.3 Å². The number of hydrogen-bond donors (Lipinski definition) is 0. The van der Waals surface area contributed by atoms with E-state index in [1.807, 2.05) is 36.4 Å². The fourth-order valence-electron chi connectivity index (χ4n) is 5.22. The molecule has 212 valence electrons. The summed E-state index contributed by atoms with van der Waals surface area (Å²) in [5.41, 5.74) is 5.59. The van der Waals surface area contributed by atoms with Gasteiger partial charge in [0.05, 0.1) is 26.9 Å². The Labute approximate surface area is 242 Å². The molecule has 4 rings (SSSR count). The minimum atomic E-state index is -0.297. The fourth-order valence-corrected chi connectivity index (χ4v) is 6.19. The monoisotopic (exact) mass is 560 g/mol. The van der Waals surface area contributed by atoms with Crippen LogP contribution in [0.25, 0.3) is 5.57 Å². The van der Waals surface area contributed by atoms with Crippen molar-refractivity contribution in [2.75, 3.05) is 14.2 Å². The molecule has 0 amide bonds.